The van der Waals surface area contributed by atoms with Gasteiger partial charge in [-0.25, -0.2) is 0 Å². The van der Waals surface area contributed by atoms with Crippen molar-refractivity contribution in [2.75, 3.05) is 27.3 Å². The van der Waals surface area contributed by atoms with Crippen LogP contribution in [0.3, 0.4) is 0 Å². The van der Waals surface area contributed by atoms with Crippen molar-refractivity contribution in [1.82, 2.24) is 0 Å². The zero-order chi connectivity index (χ0) is 18.2. The topological polar surface area (TPSA) is 55.4 Å². The van der Waals surface area contributed by atoms with Gasteiger partial charge in [0.2, 0.25) is 13.6 Å². The van der Waals surface area contributed by atoms with Gasteiger partial charge in [-0.15, -0.1) is 0 Å². The molecule has 3 heterocycles. The molecular weight excluding hydrogens is 348 g/mol. The van der Waals surface area contributed by atoms with E-state index in [4.69, 9.17) is 28.4 Å². The third-order valence-electron chi connectivity index (χ3n) is 5.51. The van der Waals surface area contributed by atoms with Crippen LogP contribution in [0.15, 0.2) is 36.4 Å². The van der Waals surface area contributed by atoms with Crippen LogP contribution in [0.1, 0.15) is 11.1 Å². The Balaban J connectivity index is 1.34. The smallest absolute Gasteiger partial charge is 0.231 e. The first-order valence-electron chi connectivity index (χ1n) is 9.21. The van der Waals surface area contributed by atoms with Gasteiger partial charge in [-0.2, -0.15) is 0 Å². The highest BCUT2D eigenvalue weighted by molar-refractivity contribution is 5.45. The standard InChI is InChI=1S/C21H22O6/c1-22-21-16(7-14-3-5-18-20(9-14)27-12-25-18)15(10-23-21)6-13-2-4-17-19(8-13)26-11-24-17/h2-5,8-9,15-16,21H,6-7,10-12H2,1H3/t15-,16+,21-/m0/s1. The molecule has 6 nitrogen and oxygen atoms in total. The summed E-state index contributed by atoms with van der Waals surface area (Å²) >= 11 is 0. The summed E-state index contributed by atoms with van der Waals surface area (Å²) < 4.78 is 33.4. The van der Waals surface area contributed by atoms with E-state index in [2.05, 4.69) is 24.3 Å². The number of methoxy groups -OCH3 is 1. The molecule has 0 radical (unpaired) electrons. The van der Waals surface area contributed by atoms with Gasteiger partial charge in [0.15, 0.2) is 29.3 Å². The van der Waals surface area contributed by atoms with Crippen molar-refractivity contribution in [3.8, 4) is 23.0 Å². The fourth-order valence-corrected chi connectivity index (χ4v) is 4.11. The van der Waals surface area contributed by atoms with E-state index < -0.39 is 0 Å². The lowest BCUT2D eigenvalue weighted by atomic mass is 9.84. The van der Waals surface area contributed by atoms with Gasteiger partial charge in [0, 0.05) is 13.0 Å². The van der Waals surface area contributed by atoms with E-state index in [1.54, 1.807) is 7.11 Å². The van der Waals surface area contributed by atoms with Crippen LogP contribution >= 0.6 is 0 Å². The van der Waals surface area contributed by atoms with Crippen LogP contribution in [-0.2, 0) is 22.3 Å². The van der Waals surface area contributed by atoms with Crippen LogP contribution in [0.25, 0.3) is 0 Å². The molecule has 0 N–H and O–H groups in total. The van der Waals surface area contributed by atoms with Crippen LogP contribution in [0.4, 0.5) is 0 Å². The molecule has 142 valence electrons. The molecule has 2 aromatic rings. The molecule has 6 heteroatoms. The number of rotatable bonds is 5. The fraction of sp³-hybridized carbons (Fsp3) is 0.429. The van der Waals surface area contributed by atoms with E-state index in [1.165, 1.54) is 11.1 Å². The van der Waals surface area contributed by atoms with Gasteiger partial charge < -0.3 is 28.4 Å². The molecule has 3 aliphatic rings. The number of ether oxygens (including phenoxy) is 6. The number of hydrogen-bond donors (Lipinski definition) is 0. The van der Waals surface area contributed by atoms with E-state index in [0.717, 1.165) is 35.8 Å². The average Bonchev–Trinajstić information content (AvgIpc) is 3.41. The maximum atomic E-state index is 5.92. The Morgan fingerprint density at radius 2 is 1.41 bits per heavy atom. The molecule has 5 rings (SSSR count). The van der Waals surface area contributed by atoms with E-state index in [0.29, 0.717) is 26.1 Å². The summed E-state index contributed by atoms with van der Waals surface area (Å²) in [5, 5.41) is 0. The van der Waals surface area contributed by atoms with Crippen LogP contribution in [-0.4, -0.2) is 33.6 Å². The second kappa shape index (κ2) is 6.94. The molecule has 1 fully saturated rings. The molecule has 3 aliphatic heterocycles. The molecule has 0 aliphatic carbocycles. The van der Waals surface area contributed by atoms with Crippen LogP contribution in [0.5, 0.6) is 23.0 Å². The van der Waals surface area contributed by atoms with E-state index in [9.17, 15) is 0 Å². The van der Waals surface area contributed by atoms with Crippen molar-refractivity contribution < 1.29 is 28.4 Å². The quantitative estimate of drug-likeness (QED) is 0.806. The summed E-state index contributed by atoms with van der Waals surface area (Å²) in [6, 6.07) is 12.3. The van der Waals surface area contributed by atoms with Crippen LogP contribution in [0, 0.1) is 11.8 Å². The van der Waals surface area contributed by atoms with Crippen LogP contribution in [0.2, 0.25) is 0 Å². The highest BCUT2D eigenvalue weighted by atomic mass is 16.7. The Labute approximate surface area is 157 Å². The van der Waals surface area contributed by atoms with Gasteiger partial charge in [0.25, 0.3) is 0 Å². The average molecular weight is 370 g/mol. The molecule has 3 atom stereocenters. The molecular formula is C21H22O6. The summed E-state index contributed by atoms with van der Waals surface area (Å²) in [7, 11) is 1.71. The Hall–Kier alpha value is -2.44. The van der Waals surface area contributed by atoms with Gasteiger partial charge in [0.1, 0.15) is 0 Å². The van der Waals surface area contributed by atoms with Crippen molar-refractivity contribution in [3.63, 3.8) is 0 Å². The molecule has 0 saturated carbocycles. The normalized spacial score (nSPS) is 25.1. The van der Waals surface area contributed by atoms with Gasteiger partial charge in [-0.3, -0.25) is 0 Å². The Morgan fingerprint density at radius 3 is 2.04 bits per heavy atom. The van der Waals surface area contributed by atoms with E-state index in [1.807, 2.05) is 12.1 Å². The molecule has 2 aromatic carbocycles. The summed E-state index contributed by atoms with van der Waals surface area (Å²) in [5.41, 5.74) is 2.42. The summed E-state index contributed by atoms with van der Waals surface area (Å²) in [6.07, 6.45) is 1.57. The minimum absolute atomic E-state index is 0.200. The van der Waals surface area contributed by atoms with Crippen molar-refractivity contribution in [1.29, 1.82) is 0 Å². The highest BCUT2D eigenvalue weighted by Gasteiger charge is 2.37. The predicted octanol–water partition coefficient (Wildman–Crippen LogP) is 3.16. The van der Waals surface area contributed by atoms with E-state index in [-0.39, 0.29) is 12.2 Å². The van der Waals surface area contributed by atoms with Crippen LogP contribution < -0.4 is 18.9 Å². The molecule has 0 aromatic heterocycles. The lowest BCUT2D eigenvalue weighted by Gasteiger charge is -2.22. The lowest BCUT2D eigenvalue weighted by Crippen LogP contribution is -2.25. The van der Waals surface area contributed by atoms with Crippen molar-refractivity contribution in [3.05, 3.63) is 47.5 Å². The number of fused-ring (bicyclic) bond motifs is 2. The maximum Gasteiger partial charge on any atom is 0.231 e. The molecule has 0 spiro atoms. The summed E-state index contributed by atoms with van der Waals surface area (Å²) in [5.74, 6) is 3.88. The van der Waals surface area contributed by atoms with Gasteiger partial charge in [-0.05, 0) is 54.2 Å². The first kappa shape index (κ1) is 16.7. The van der Waals surface area contributed by atoms with Gasteiger partial charge in [0.05, 0.1) is 6.61 Å². The summed E-state index contributed by atoms with van der Waals surface area (Å²) in [4.78, 5) is 0. The predicted molar refractivity (Wildman–Crippen MR) is 96.3 cm³/mol. The third kappa shape index (κ3) is 3.19. The van der Waals surface area contributed by atoms with Crippen molar-refractivity contribution in [2.24, 2.45) is 11.8 Å². The first-order chi connectivity index (χ1) is 13.3. The zero-order valence-corrected chi connectivity index (χ0v) is 15.2. The highest BCUT2D eigenvalue weighted by Crippen LogP contribution is 2.38. The molecule has 1 saturated heterocycles. The Morgan fingerprint density at radius 1 is 0.815 bits per heavy atom. The monoisotopic (exact) mass is 370 g/mol. The van der Waals surface area contributed by atoms with Gasteiger partial charge in [-0.1, -0.05) is 12.1 Å². The second-order valence-corrected chi connectivity index (χ2v) is 7.14. The second-order valence-electron chi connectivity index (χ2n) is 7.14. The van der Waals surface area contributed by atoms with Gasteiger partial charge >= 0.3 is 0 Å². The fourth-order valence-electron chi connectivity index (χ4n) is 4.11. The Bertz CT molecular complexity index is 835. The molecule has 0 bridgehead atoms. The zero-order valence-electron chi connectivity index (χ0n) is 15.2. The van der Waals surface area contributed by atoms with E-state index >= 15 is 0 Å². The maximum absolute atomic E-state index is 5.92. The molecule has 0 unspecified atom stereocenters. The Kier molecular flexibility index (Phi) is 4.30. The minimum Gasteiger partial charge on any atom is -0.454 e. The van der Waals surface area contributed by atoms with Crippen molar-refractivity contribution >= 4 is 0 Å². The first-order valence-corrected chi connectivity index (χ1v) is 9.21. The lowest BCUT2D eigenvalue weighted by molar-refractivity contribution is -0.110. The third-order valence-corrected chi connectivity index (χ3v) is 5.51. The molecule has 0 amide bonds. The molecule has 27 heavy (non-hydrogen) atoms. The van der Waals surface area contributed by atoms with Crippen molar-refractivity contribution in [2.45, 2.75) is 19.1 Å². The SMILES string of the molecule is CO[C@H]1OC[C@H](Cc2ccc3c(c2)OCO3)[C@H]1Cc1ccc2c(c1)OCO2. The number of benzene rings is 2. The summed E-state index contributed by atoms with van der Waals surface area (Å²) in [6.45, 7) is 1.27. The number of hydrogen-bond acceptors (Lipinski definition) is 6. The minimum atomic E-state index is -0.200. The largest absolute Gasteiger partial charge is 0.454 e.